The third kappa shape index (κ3) is 13.0. The first-order valence-corrected chi connectivity index (χ1v) is 15.6. The number of carboxylic acids is 1. The van der Waals surface area contributed by atoms with Crippen molar-refractivity contribution < 1.29 is 56.8 Å². The molecule has 49 heavy (non-hydrogen) atoms. The minimum Gasteiger partial charge on any atom is -0.480 e. The van der Waals surface area contributed by atoms with Gasteiger partial charge in [0.05, 0.1) is 13.2 Å². The van der Waals surface area contributed by atoms with Crippen molar-refractivity contribution in [2.45, 2.75) is 44.4 Å². The molecule has 0 fully saturated rings. The van der Waals surface area contributed by atoms with E-state index >= 15 is 0 Å². The Morgan fingerprint density at radius 3 is 2.45 bits per heavy atom. The summed E-state index contributed by atoms with van der Waals surface area (Å²) in [5.74, 6) is -6.09. The molecule has 20 nitrogen and oxygen atoms in total. The van der Waals surface area contributed by atoms with Crippen molar-refractivity contribution in [2.24, 2.45) is 5.11 Å². The predicted octanol–water partition coefficient (Wildman–Crippen LogP) is 1.52. The summed E-state index contributed by atoms with van der Waals surface area (Å²) in [4.78, 5) is 65.6. The zero-order chi connectivity index (χ0) is 36.9. The zero-order valence-corrected chi connectivity index (χ0v) is 27.4. The average molecular weight is 720 g/mol. The topological polar surface area (TPSA) is 285 Å². The van der Waals surface area contributed by atoms with Gasteiger partial charge in [0.2, 0.25) is 6.23 Å². The molecule has 1 heterocycles. The van der Waals surface area contributed by atoms with E-state index in [0.29, 0.717) is 17.1 Å². The highest BCUT2D eigenvalue weighted by atomic mass is 31.2. The van der Waals surface area contributed by atoms with Crippen molar-refractivity contribution in [1.82, 2.24) is 24.4 Å². The largest absolute Gasteiger partial charge is 0.480 e. The van der Waals surface area contributed by atoms with Gasteiger partial charge in [-0.25, -0.2) is 32.4 Å². The van der Waals surface area contributed by atoms with Gasteiger partial charge < -0.3 is 40.5 Å². The number of nitrogens with two attached hydrogens (primary N) is 1. The van der Waals surface area contributed by atoms with E-state index in [2.05, 4.69) is 20.3 Å². The molecular formula is C26H36F2N9O11P. The molecule has 2 aromatic rings. The molecule has 4 unspecified atom stereocenters. The Balaban J connectivity index is 1.83. The number of rotatable bonds is 19. The number of anilines is 1. The van der Waals surface area contributed by atoms with E-state index in [-0.39, 0.29) is 37.4 Å². The van der Waals surface area contributed by atoms with Gasteiger partial charge in [-0.2, -0.15) is 4.98 Å². The molecule has 0 radical (unpaired) electrons. The molecule has 4 atom stereocenters. The van der Waals surface area contributed by atoms with Crippen molar-refractivity contribution >= 4 is 31.5 Å². The zero-order valence-electron chi connectivity index (χ0n) is 26.5. The Morgan fingerprint density at radius 2 is 1.88 bits per heavy atom. The number of nitrogens with zero attached hydrogens (tertiary/aromatic N) is 7. The van der Waals surface area contributed by atoms with E-state index in [1.165, 1.54) is 38.4 Å². The highest BCUT2D eigenvalue weighted by molar-refractivity contribution is 7.50. The quantitative estimate of drug-likeness (QED) is 0.0452. The smallest absolute Gasteiger partial charge is 0.409 e. The number of hydrogen-bond acceptors (Lipinski definition) is 12. The maximum absolute atomic E-state index is 14.1. The van der Waals surface area contributed by atoms with Crippen LogP contribution in [-0.4, -0.2) is 111 Å². The van der Waals surface area contributed by atoms with Gasteiger partial charge >= 0.3 is 25.5 Å². The lowest BCUT2D eigenvalue weighted by atomic mass is 10.1. The van der Waals surface area contributed by atoms with Crippen LogP contribution in [0.3, 0.4) is 0 Å². The number of alkyl halides is 2. The normalized spacial score (nSPS) is 14.5. The van der Waals surface area contributed by atoms with Crippen molar-refractivity contribution in [1.29, 1.82) is 0 Å². The molecule has 0 aliphatic carbocycles. The van der Waals surface area contributed by atoms with Crippen LogP contribution in [0, 0.1) is 0 Å². The summed E-state index contributed by atoms with van der Waals surface area (Å²) in [7, 11) is -2.12. The molecule has 1 aromatic carbocycles. The van der Waals surface area contributed by atoms with E-state index in [0.717, 1.165) is 21.8 Å². The lowest BCUT2D eigenvalue weighted by Gasteiger charge is -2.28. The number of ether oxygens (including phenoxy) is 2. The molecule has 23 heteroatoms. The summed E-state index contributed by atoms with van der Waals surface area (Å²) in [5, 5.41) is 25.2. The molecule has 1 aromatic heterocycles. The molecule has 0 bridgehead atoms. The number of aliphatic hydroxyl groups is 1. The van der Waals surface area contributed by atoms with E-state index in [4.69, 9.17) is 25.3 Å². The number of aromatic nitrogens is 2. The van der Waals surface area contributed by atoms with Gasteiger partial charge in [0.1, 0.15) is 18.5 Å². The summed E-state index contributed by atoms with van der Waals surface area (Å²) >= 11 is 0. The van der Waals surface area contributed by atoms with Gasteiger partial charge in [-0.15, -0.1) is 0 Å². The Morgan fingerprint density at radius 1 is 1.22 bits per heavy atom. The molecule has 2 rings (SSSR count). The molecule has 0 aliphatic rings. The van der Waals surface area contributed by atoms with E-state index in [9.17, 15) is 47.6 Å². The second-order valence-electron chi connectivity index (χ2n) is 10.4. The van der Waals surface area contributed by atoms with Gasteiger partial charge in [-0.3, -0.25) is 13.9 Å². The Kier molecular flexibility index (Phi) is 15.0. The minimum absolute atomic E-state index is 0.0599. The maximum Gasteiger partial charge on any atom is 0.409 e. The SMILES string of the molecule is CN(CCN(C)P(=O)(O)OCCC(NC(=O)c1ccc(CN=[N+]=[N-])cc1)C(=O)O)C(=O)OCC(O)OC(n1ccc(N)nc1=O)C(C)(F)F. The molecular weight excluding hydrogens is 683 g/mol. The first kappa shape index (κ1) is 40.5. The van der Waals surface area contributed by atoms with Crippen LogP contribution in [0.4, 0.5) is 19.4 Å². The molecule has 0 saturated heterocycles. The van der Waals surface area contributed by atoms with Crippen LogP contribution < -0.4 is 16.7 Å². The number of amides is 2. The highest BCUT2D eigenvalue weighted by Gasteiger charge is 2.39. The number of nitrogen functional groups attached to an aromatic ring is 1. The van der Waals surface area contributed by atoms with Crippen LogP contribution in [0.2, 0.25) is 0 Å². The van der Waals surface area contributed by atoms with E-state index < -0.39 is 69.1 Å². The summed E-state index contributed by atoms with van der Waals surface area (Å²) in [6.45, 7) is -1.53. The molecule has 6 N–H and O–H groups in total. The van der Waals surface area contributed by atoms with Crippen LogP contribution in [0.15, 0.2) is 46.4 Å². The van der Waals surface area contributed by atoms with Crippen LogP contribution in [0.5, 0.6) is 0 Å². The number of likely N-dealkylation sites (N-methyl/N-ethyl adjacent to an activating group) is 2. The van der Waals surface area contributed by atoms with Gasteiger partial charge in [0.25, 0.3) is 11.8 Å². The molecule has 270 valence electrons. The molecule has 0 aliphatic heterocycles. The standard InChI is InChI=1S/C26H36F2N9O11P/c1-26(27,28)23(37-10-8-19(29)33-24(37)42)48-20(38)15-46-25(43)35(2)11-12-36(3)49(44,45)47-13-9-18(22(40)41)32-21(39)17-6-4-16(5-7-17)14-31-34-30/h4-8,10,18,20,23,38H,9,11-15H2,1-3H3,(H,32,39)(H,40,41)(H,44,45)(H2,29,33,42). The van der Waals surface area contributed by atoms with E-state index in [1.54, 1.807) is 0 Å². The highest BCUT2D eigenvalue weighted by Crippen LogP contribution is 2.44. The number of azide groups is 1. The van der Waals surface area contributed by atoms with Crippen LogP contribution in [0.25, 0.3) is 10.4 Å². The van der Waals surface area contributed by atoms with Crippen molar-refractivity contribution in [3.05, 3.63) is 68.6 Å². The Labute approximate surface area is 277 Å². The first-order valence-electron chi connectivity index (χ1n) is 14.1. The van der Waals surface area contributed by atoms with Gasteiger partial charge in [-0.1, -0.05) is 17.2 Å². The third-order valence-corrected chi connectivity index (χ3v) is 8.06. The summed E-state index contributed by atoms with van der Waals surface area (Å²) < 4.78 is 56.9. The van der Waals surface area contributed by atoms with Crippen LogP contribution in [-0.2, 0) is 29.9 Å². The fraction of sp³-hybridized carbons (Fsp3) is 0.500. The third-order valence-electron chi connectivity index (χ3n) is 6.48. The number of benzene rings is 1. The minimum atomic E-state index is -4.52. The van der Waals surface area contributed by atoms with Crippen LogP contribution >= 0.6 is 7.75 Å². The Hall–Kier alpha value is -4.69. The summed E-state index contributed by atoms with van der Waals surface area (Å²) in [5.41, 5.74) is 13.3. The van der Waals surface area contributed by atoms with Crippen molar-refractivity contribution in [3.63, 3.8) is 0 Å². The van der Waals surface area contributed by atoms with Crippen molar-refractivity contribution in [2.75, 3.05) is 46.1 Å². The molecule has 0 spiro atoms. The average Bonchev–Trinajstić information content (AvgIpc) is 3.03. The summed E-state index contributed by atoms with van der Waals surface area (Å²) in [6.07, 6.45) is -5.02. The lowest BCUT2D eigenvalue weighted by molar-refractivity contribution is -0.245. The lowest BCUT2D eigenvalue weighted by Crippen LogP contribution is -2.41. The number of aliphatic hydroxyl groups excluding tert-OH is 1. The predicted molar refractivity (Wildman–Crippen MR) is 165 cm³/mol. The number of aliphatic carboxylic acids is 1. The van der Waals surface area contributed by atoms with E-state index in [1.807, 2.05) is 0 Å². The molecule has 0 saturated carbocycles. The fourth-order valence-electron chi connectivity index (χ4n) is 3.75. The van der Waals surface area contributed by atoms with Crippen LogP contribution in [0.1, 0.15) is 35.5 Å². The number of nitrogens with one attached hydrogen (secondary N) is 1. The van der Waals surface area contributed by atoms with Crippen molar-refractivity contribution in [3.8, 4) is 0 Å². The van der Waals surface area contributed by atoms with Gasteiger partial charge in [0, 0.05) is 50.2 Å². The number of carbonyl (C=O) groups is 3. The fourth-order valence-corrected chi connectivity index (χ4v) is 4.63. The van der Waals surface area contributed by atoms with Gasteiger partial charge in [-0.05, 0) is 36.3 Å². The maximum atomic E-state index is 14.1. The second kappa shape index (κ2) is 18.2. The monoisotopic (exact) mass is 719 g/mol. The van der Waals surface area contributed by atoms with Gasteiger partial charge in [0.15, 0.2) is 6.29 Å². The number of halogens is 2. The number of carbonyl (C=O) groups excluding carboxylic acids is 2. The number of hydrogen-bond donors (Lipinski definition) is 5. The number of carboxylic acid groups (broad SMARTS) is 1. The second-order valence-corrected chi connectivity index (χ2v) is 12.3. The summed E-state index contributed by atoms with van der Waals surface area (Å²) in [6, 6.07) is 5.43. The first-order chi connectivity index (χ1) is 22.8. The molecule has 2 amide bonds. The Bertz CT molecular complexity index is 1600.